The fourth-order valence-corrected chi connectivity index (χ4v) is 3.04. The Morgan fingerprint density at radius 3 is 2.72 bits per heavy atom. The van der Waals surface area contributed by atoms with Crippen LogP contribution in [0.15, 0.2) is 42.6 Å². The number of hydrogen-bond acceptors (Lipinski definition) is 5. The van der Waals surface area contributed by atoms with E-state index < -0.39 is 5.91 Å². The van der Waals surface area contributed by atoms with Crippen LogP contribution in [-0.4, -0.2) is 30.2 Å². The average molecular weight is 389 g/mol. The van der Waals surface area contributed by atoms with Crippen molar-refractivity contribution in [1.29, 1.82) is 5.26 Å². The summed E-state index contributed by atoms with van der Waals surface area (Å²) < 4.78 is 3.72. The fourth-order valence-electron chi connectivity index (χ4n) is 3.04. The van der Waals surface area contributed by atoms with Crippen molar-refractivity contribution in [2.24, 2.45) is 5.92 Å². The van der Waals surface area contributed by atoms with Gasteiger partial charge < -0.3 is 9.88 Å². The minimum Gasteiger partial charge on any atom is -0.348 e. The van der Waals surface area contributed by atoms with E-state index in [9.17, 15) is 10.1 Å². The van der Waals surface area contributed by atoms with Crippen molar-refractivity contribution in [3.8, 4) is 11.9 Å². The second-order valence-electron chi connectivity index (χ2n) is 7.20. The Hall–Kier alpha value is -3.73. The van der Waals surface area contributed by atoms with Gasteiger partial charge in [-0.1, -0.05) is 13.8 Å². The molecule has 8 heteroatoms. The van der Waals surface area contributed by atoms with Gasteiger partial charge in [-0.05, 0) is 49.6 Å². The maximum absolute atomic E-state index is 12.6. The highest BCUT2D eigenvalue weighted by Gasteiger charge is 2.14. The SMILES string of the molecule is Cc1cc(/C=C(\C#N)C(=O)Nc2ccc(-n3cncn3)nc2)c(C)n1CC(C)C. The molecule has 0 aliphatic heterocycles. The minimum atomic E-state index is -0.475. The van der Waals surface area contributed by atoms with Gasteiger partial charge in [0.2, 0.25) is 0 Å². The standard InChI is InChI=1S/C21H23N7O/c1-14(2)11-27-15(3)7-17(16(27)4)8-18(9-22)21(29)26-19-5-6-20(24-10-19)28-13-23-12-25-28/h5-8,10,12-14H,11H2,1-4H3,(H,26,29)/b18-8+. The van der Waals surface area contributed by atoms with Gasteiger partial charge in [0.25, 0.3) is 5.91 Å². The molecule has 1 N–H and O–H groups in total. The van der Waals surface area contributed by atoms with E-state index in [4.69, 9.17) is 0 Å². The van der Waals surface area contributed by atoms with E-state index in [2.05, 4.69) is 38.8 Å². The Bertz CT molecular complexity index is 1070. The van der Waals surface area contributed by atoms with Crippen LogP contribution in [0.3, 0.4) is 0 Å². The third-order valence-corrected chi connectivity index (χ3v) is 4.48. The molecule has 0 aliphatic carbocycles. The lowest BCUT2D eigenvalue weighted by Crippen LogP contribution is -2.14. The lowest BCUT2D eigenvalue weighted by molar-refractivity contribution is -0.112. The van der Waals surface area contributed by atoms with Crippen molar-refractivity contribution in [1.82, 2.24) is 24.3 Å². The summed E-state index contributed by atoms with van der Waals surface area (Å²) >= 11 is 0. The van der Waals surface area contributed by atoms with Gasteiger partial charge in [0.05, 0.1) is 11.9 Å². The maximum Gasteiger partial charge on any atom is 0.266 e. The van der Waals surface area contributed by atoms with Gasteiger partial charge >= 0.3 is 0 Å². The fraction of sp³-hybridized carbons (Fsp3) is 0.286. The van der Waals surface area contributed by atoms with E-state index in [1.54, 1.807) is 18.2 Å². The van der Waals surface area contributed by atoms with Gasteiger partial charge in [-0.3, -0.25) is 4.79 Å². The number of rotatable bonds is 6. The number of hydrogen-bond donors (Lipinski definition) is 1. The van der Waals surface area contributed by atoms with Crippen LogP contribution in [-0.2, 0) is 11.3 Å². The third kappa shape index (κ3) is 4.58. The highest BCUT2D eigenvalue weighted by Crippen LogP contribution is 2.20. The number of carbonyl (C=O) groups excluding carboxylic acids is 1. The number of pyridine rings is 1. The number of nitrogens with one attached hydrogen (secondary N) is 1. The first-order valence-corrected chi connectivity index (χ1v) is 9.30. The number of amides is 1. The van der Waals surface area contributed by atoms with E-state index in [0.29, 0.717) is 17.4 Å². The van der Waals surface area contributed by atoms with Crippen molar-refractivity contribution in [2.45, 2.75) is 34.2 Å². The van der Waals surface area contributed by atoms with Crippen molar-refractivity contribution >= 4 is 17.7 Å². The van der Waals surface area contributed by atoms with Crippen LogP contribution in [0, 0.1) is 31.1 Å². The van der Waals surface area contributed by atoms with Crippen LogP contribution >= 0.6 is 0 Å². The summed E-state index contributed by atoms with van der Waals surface area (Å²) in [5, 5.41) is 16.2. The maximum atomic E-state index is 12.6. The zero-order valence-electron chi connectivity index (χ0n) is 16.9. The number of nitrogens with zero attached hydrogens (tertiary/aromatic N) is 6. The van der Waals surface area contributed by atoms with Crippen molar-refractivity contribution in [3.63, 3.8) is 0 Å². The summed E-state index contributed by atoms with van der Waals surface area (Å²) in [6.07, 6.45) is 6.09. The summed E-state index contributed by atoms with van der Waals surface area (Å²) in [7, 11) is 0. The number of carbonyl (C=O) groups is 1. The predicted octanol–water partition coefficient (Wildman–Crippen LogP) is 3.28. The summed E-state index contributed by atoms with van der Waals surface area (Å²) in [5.74, 6) is 0.606. The zero-order chi connectivity index (χ0) is 21.0. The molecule has 0 bridgehead atoms. The molecule has 29 heavy (non-hydrogen) atoms. The molecule has 0 radical (unpaired) electrons. The molecule has 0 unspecified atom stereocenters. The van der Waals surface area contributed by atoms with E-state index in [-0.39, 0.29) is 5.57 Å². The van der Waals surface area contributed by atoms with Crippen LogP contribution < -0.4 is 5.32 Å². The predicted molar refractivity (Wildman–Crippen MR) is 110 cm³/mol. The third-order valence-electron chi connectivity index (χ3n) is 4.48. The van der Waals surface area contributed by atoms with Crippen molar-refractivity contribution in [2.75, 3.05) is 5.32 Å². The van der Waals surface area contributed by atoms with Gasteiger partial charge in [0.15, 0.2) is 5.82 Å². The molecule has 3 heterocycles. The molecule has 0 saturated carbocycles. The Morgan fingerprint density at radius 2 is 2.14 bits per heavy atom. The molecular weight excluding hydrogens is 366 g/mol. The van der Waals surface area contributed by atoms with Crippen LogP contribution in [0.1, 0.15) is 30.8 Å². The topological polar surface area (TPSA) is 101 Å². The first-order chi connectivity index (χ1) is 13.9. The molecule has 0 atom stereocenters. The van der Waals surface area contributed by atoms with Gasteiger partial charge in [0, 0.05) is 17.9 Å². The molecule has 0 aliphatic rings. The van der Waals surface area contributed by atoms with E-state index in [1.807, 2.05) is 26.0 Å². The lowest BCUT2D eigenvalue weighted by Gasteiger charge is -2.12. The first-order valence-electron chi connectivity index (χ1n) is 9.30. The molecule has 3 aromatic rings. The molecule has 3 rings (SSSR count). The van der Waals surface area contributed by atoms with Crippen LogP contribution in [0.5, 0.6) is 0 Å². The average Bonchev–Trinajstić information content (AvgIpc) is 3.31. The van der Waals surface area contributed by atoms with Gasteiger partial charge in [-0.15, -0.1) is 0 Å². The molecule has 0 spiro atoms. The molecular formula is C21H23N7O. The summed E-state index contributed by atoms with van der Waals surface area (Å²) in [6.45, 7) is 9.24. The van der Waals surface area contributed by atoms with Crippen molar-refractivity contribution < 1.29 is 4.79 Å². The number of aryl methyl sites for hydroxylation is 1. The lowest BCUT2D eigenvalue weighted by atomic mass is 10.1. The summed E-state index contributed by atoms with van der Waals surface area (Å²) in [5.41, 5.74) is 3.54. The molecule has 1 amide bonds. The minimum absolute atomic E-state index is 0.0372. The Morgan fingerprint density at radius 1 is 1.34 bits per heavy atom. The molecule has 0 saturated heterocycles. The molecule has 3 aromatic heterocycles. The number of aromatic nitrogens is 5. The van der Waals surface area contributed by atoms with E-state index in [0.717, 1.165) is 23.5 Å². The Labute approximate surface area is 169 Å². The van der Waals surface area contributed by atoms with E-state index >= 15 is 0 Å². The van der Waals surface area contributed by atoms with E-state index in [1.165, 1.54) is 23.5 Å². The van der Waals surface area contributed by atoms with Gasteiger partial charge in [-0.25, -0.2) is 14.6 Å². The normalized spacial score (nSPS) is 11.5. The largest absolute Gasteiger partial charge is 0.348 e. The van der Waals surface area contributed by atoms with Crippen LogP contribution in [0.25, 0.3) is 11.9 Å². The van der Waals surface area contributed by atoms with Crippen LogP contribution in [0.4, 0.5) is 5.69 Å². The highest BCUT2D eigenvalue weighted by atomic mass is 16.1. The molecule has 0 aromatic carbocycles. The highest BCUT2D eigenvalue weighted by molar-refractivity contribution is 6.09. The summed E-state index contributed by atoms with van der Waals surface area (Å²) in [6, 6.07) is 7.40. The Balaban J connectivity index is 1.78. The molecule has 8 nitrogen and oxygen atoms in total. The number of anilines is 1. The zero-order valence-corrected chi connectivity index (χ0v) is 16.9. The second-order valence-corrected chi connectivity index (χ2v) is 7.20. The van der Waals surface area contributed by atoms with Gasteiger partial charge in [0.1, 0.15) is 24.3 Å². The number of nitriles is 1. The van der Waals surface area contributed by atoms with Crippen molar-refractivity contribution in [3.05, 3.63) is 59.6 Å². The quantitative estimate of drug-likeness (QED) is 0.515. The monoisotopic (exact) mass is 389 g/mol. The molecule has 148 valence electrons. The first kappa shape index (κ1) is 20.0. The second kappa shape index (κ2) is 8.52. The molecule has 0 fully saturated rings. The Kier molecular flexibility index (Phi) is 5.88. The van der Waals surface area contributed by atoms with Gasteiger partial charge in [-0.2, -0.15) is 10.4 Å². The smallest absolute Gasteiger partial charge is 0.266 e. The summed E-state index contributed by atoms with van der Waals surface area (Å²) in [4.78, 5) is 20.7. The van der Waals surface area contributed by atoms with Crippen LogP contribution in [0.2, 0.25) is 0 Å².